The summed E-state index contributed by atoms with van der Waals surface area (Å²) in [6, 6.07) is 6.58. The van der Waals surface area contributed by atoms with Gasteiger partial charge >= 0.3 is 0 Å². The molecule has 1 aromatic carbocycles. The maximum atomic E-state index is 13.2. The van der Waals surface area contributed by atoms with Crippen LogP contribution in [0.4, 0.5) is 10.2 Å². The Morgan fingerprint density at radius 1 is 1.20 bits per heavy atom. The van der Waals surface area contributed by atoms with Crippen LogP contribution in [0, 0.1) is 12.7 Å². The van der Waals surface area contributed by atoms with Crippen molar-refractivity contribution in [1.82, 2.24) is 9.97 Å². The Labute approximate surface area is 119 Å². The largest absolute Gasteiger partial charge is 0.370 e. The van der Waals surface area contributed by atoms with Gasteiger partial charge in [0.05, 0.1) is 0 Å². The molecule has 1 aromatic heterocycles. The quantitative estimate of drug-likeness (QED) is 0.906. The van der Waals surface area contributed by atoms with Crippen LogP contribution in [0.3, 0.4) is 0 Å². The molecule has 0 amide bonds. The lowest BCUT2D eigenvalue weighted by atomic mass is 10.1. The molecule has 1 N–H and O–H groups in total. The van der Waals surface area contributed by atoms with E-state index in [2.05, 4.69) is 22.2 Å². The van der Waals surface area contributed by atoms with E-state index in [1.165, 1.54) is 12.1 Å². The van der Waals surface area contributed by atoms with Gasteiger partial charge in [-0.2, -0.15) is 0 Å². The first-order chi connectivity index (χ1) is 9.63. The van der Waals surface area contributed by atoms with Crippen molar-refractivity contribution in [2.24, 2.45) is 0 Å². The summed E-state index contributed by atoms with van der Waals surface area (Å²) in [5, 5.41) is 3.26. The molecule has 1 heterocycles. The van der Waals surface area contributed by atoms with Crippen LogP contribution < -0.4 is 5.32 Å². The normalized spacial score (nSPS) is 10.6. The second kappa shape index (κ2) is 6.46. The highest BCUT2D eigenvalue weighted by molar-refractivity contribution is 5.46. The third kappa shape index (κ3) is 3.32. The van der Waals surface area contributed by atoms with Crippen molar-refractivity contribution in [2.75, 3.05) is 11.9 Å². The average molecular weight is 273 g/mol. The molecule has 0 saturated heterocycles. The predicted octanol–water partition coefficient (Wildman–Crippen LogP) is 3.51. The van der Waals surface area contributed by atoms with Crippen molar-refractivity contribution in [3.05, 3.63) is 52.7 Å². The van der Waals surface area contributed by atoms with E-state index < -0.39 is 0 Å². The number of aryl methyl sites for hydroxylation is 1. The molecule has 0 unspecified atom stereocenters. The van der Waals surface area contributed by atoms with Gasteiger partial charge in [0.1, 0.15) is 17.5 Å². The fraction of sp³-hybridized carbons (Fsp3) is 0.375. The molecule has 0 bridgehead atoms. The Morgan fingerprint density at radius 3 is 2.65 bits per heavy atom. The molecular weight excluding hydrogens is 253 g/mol. The summed E-state index contributed by atoms with van der Waals surface area (Å²) in [7, 11) is 0. The first-order valence-electron chi connectivity index (χ1n) is 6.98. The average Bonchev–Trinajstić information content (AvgIpc) is 2.42. The number of nitrogens with one attached hydrogen (secondary N) is 1. The highest BCUT2D eigenvalue weighted by Gasteiger charge is 2.10. The molecular formula is C16H20FN3. The van der Waals surface area contributed by atoms with Gasteiger partial charge in [0.2, 0.25) is 0 Å². The van der Waals surface area contributed by atoms with Gasteiger partial charge < -0.3 is 5.32 Å². The lowest BCUT2D eigenvalue weighted by Crippen LogP contribution is -2.09. The van der Waals surface area contributed by atoms with Gasteiger partial charge in [-0.05, 0) is 38.0 Å². The molecule has 0 atom stereocenters. The lowest BCUT2D eigenvalue weighted by Gasteiger charge is -2.12. The van der Waals surface area contributed by atoms with E-state index >= 15 is 0 Å². The minimum absolute atomic E-state index is 0.225. The van der Waals surface area contributed by atoms with E-state index in [9.17, 15) is 4.39 Å². The summed E-state index contributed by atoms with van der Waals surface area (Å²) in [6.45, 7) is 6.97. The fourth-order valence-corrected chi connectivity index (χ4v) is 2.21. The Kier molecular flexibility index (Phi) is 4.66. The molecule has 0 radical (unpaired) electrons. The van der Waals surface area contributed by atoms with E-state index in [0.29, 0.717) is 6.42 Å². The SMILES string of the molecule is CCNc1nc(Cc2cccc(F)c2)nc(CC)c1C. The number of benzene rings is 1. The van der Waals surface area contributed by atoms with E-state index in [1.807, 2.05) is 19.9 Å². The van der Waals surface area contributed by atoms with Gasteiger partial charge in [-0.15, -0.1) is 0 Å². The van der Waals surface area contributed by atoms with Gasteiger partial charge in [0.25, 0.3) is 0 Å². The van der Waals surface area contributed by atoms with Crippen LogP contribution in [0.5, 0.6) is 0 Å². The Bertz CT molecular complexity index is 596. The predicted molar refractivity (Wildman–Crippen MR) is 79.5 cm³/mol. The highest BCUT2D eigenvalue weighted by atomic mass is 19.1. The van der Waals surface area contributed by atoms with Crippen molar-refractivity contribution in [2.45, 2.75) is 33.6 Å². The number of anilines is 1. The molecule has 4 heteroatoms. The number of hydrogen-bond donors (Lipinski definition) is 1. The zero-order chi connectivity index (χ0) is 14.5. The number of halogens is 1. The van der Waals surface area contributed by atoms with Crippen LogP contribution in [0.2, 0.25) is 0 Å². The summed E-state index contributed by atoms with van der Waals surface area (Å²) in [6.07, 6.45) is 1.41. The van der Waals surface area contributed by atoms with Crippen LogP contribution in [0.25, 0.3) is 0 Å². The van der Waals surface area contributed by atoms with Crippen LogP contribution in [0.1, 0.15) is 36.5 Å². The monoisotopic (exact) mass is 273 g/mol. The molecule has 0 spiro atoms. The number of hydrogen-bond acceptors (Lipinski definition) is 3. The Morgan fingerprint density at radius 2 is 2.00 bits per heavy atom. The van der Waals surface area contributed by atoms with E-state index in [1.54, 1.807) is 6.07 Å². The molecule has 0 saturated carbocycles. The van der Waals surface area contributed by atoms with E-state index in [-0.39, 0.29) is 5.82 Å². The zero-order valence-electron chi connectivity index (χ0n) is 12.2. The molecule has 20 heavy (non-hydrogen) atoms. The summed E-state index contributed by atoms with van der Waals surface area (Å²) in [5.41, 5.74) is 3.03. The highest BCUT2D eigenvalue weighted by Crippen LogP contribution is 2.18. The van der Waals surface area contributed by atoms with Gasteiger partial charge in [-0.25, -0.2) is 14.4 Å². The van der Waals surface area contributed by atoms with Crippen molar-refractivity contribution in [3.8, 4) is 0 Å². The summed E-state index contributed by atoms with van der Waals surface area (Å²) >= 11 is 0. The fourth-order valence-electron chi connectivity index (χ4n) is 2.21. The molecule has 106 valence electrons. The standard InChI is InChI=1S/C16H20FN3/c1-4-14-11(3)16(18-5-2)20-15(19-14)10-12-7-6-8-13(17)9-12/h6-9H,4-5,10H2,1-3H3,(H,18,19,20). The van der Waals surface area contributed by atoms with Crippen molar-refractivity contribution < 1.29 is 4.39 Å². The summed E-state index contributed by atoms with van der Waals surface area (Å²) in [5.74, 6) is 1.39. The van der Waals surface area contributed by atoms with Crippen LogP contribution in [-0.2, 0) is 12.8 Å². The molecule has 0 aliphatic rings. The molecule has 2 rings (SSSR count). The van der Waals surface area contributed by atoms with Crippen molar-refractivity contribution >= 4 is 5.82 Å². The van der Waals surface area contributed by atoms with Crippen LogP contribution in [-0.4, -0.2) is 16.5 Å². The molecule has 0 aliphatic heterocycles. The van der Waals surface area contributed by atoms with Gasteiger partial charge in [-0.1, -0.05) is 19.1 Å². The first kappa shape index (κ1) is 14.4. The number of aromatic nitrogens is 2. The van der Waals surface area contributed by atoms with Gasteiger partial charge in [-0.3, -0.25) is 0 Å². The van der Waals surface area contributed by atoms with Crippen molar-refractivity contribution in [1.29, 1.82) is 0 Å². The van der Waals surface area contributed by atoms with Crippen molar-refractivity contribution in [3.63, 3.8) is 0 Å². The second-order valence-electron chi connectivity index (χ2n) is 4.75. The summed E-state index contributed by atoms with van der Waals surface area (Å²) in [4.78, 5) is 9.14. The van der Waals surface area contributed by atoms with Crippen LogP contribution in [0.15, 0.2) is 24.3 Å². The molecule has 2 aromatic rings. The topological polar surface area (TPSA) is 37.8 Å². The minimum Gasteiger partial charge on any atom is -0.370 e. The Balaban J connectivity index is 2.34. The molecule has 0 aliphatic carbocycles. The maximum Gasteiger partial charge on any atom is 0.135 e. The summed E-state index contributed by atoms with van der Waals surface area (Å²) < 4.78 is 13.2. The first-order valence-corrected chi connectivity index (χ1v) is 6.98. The minimum atomic E-state index is -0.225. The van der Waals surface area contributed by atoms with E-state index in [0.717, 1.165) is 41.4 Å². The number of nitrogens with zero attached hydrogens (tertiary/aromatic N) is 2. The van der Waals surface area contributed by atoms with Gasteiger partial charge in [0.15, 0.2) is 0 Å². The molecule has 3 nitrogen and oxygen atoms in total. The lowest BCUT2D eigenvalue weighted by molar-refractivity contribution is 0.625. The third-order valence-corrected chi connectivity index (χ3v) is 3.22. The third-order valence-electron chi connectivity index (χ3n) is 3.22. The second-order valence-corrected chi connectivity index (χ2v) is 4.75. The molecule has 0 fully saturated rings. The number of rotatable bonds is 5. The Hall–Kier alpha value is -1.97. The zero-order valence-corrected chi connectivity index (χ0v) is 12.2. The van der Waals surface area contributed by atoms with E-state index in [4.69, 9.17) is 0 Å². The van der Waals surface area contributed by atoms with Crippen LogP contribution >= 0.6 is 0 Å². The maximum absolute atomic E-state index is 13.2. The van der Waals surface area contributed by atoms with Gasteiger partial charge in [0, 0.05) is 24.2 Å². The smallest absolute Gasteiger partial charge is 0.135 e.